The van der Waals surface area contributed by atoms with Crippen molar-refractivity contribution in [2.75, 3.05) is 67.5 Å². The Bertz CT molecular complexity index is 2080. The van der Waals surface area contributed by atoms with Crippen molar-refractivity contribution < 1.29 is 24.3 Å². The molecule has 8 heterocycles. The summed E-state index contributed by atoms with van der Waals surface area (Å²) in [6.45, 7) is 9.05. The Kier molecular flexibility index (Phi) is 12.1. The SMILES string of the molecule is C[C@@]1(O)CC/C=C\CN2C(=O)C3CNC(Nc4ccc(N5CCN(C6CCC7(CCN(c8ccnc(C(=O)NC9CCC(=O)NC9=O)c8)CC7)C6)CC5)cc4)NC3N2C2CCCC1N2. The van der Waals surface area contributed by atoms with Gasteiger partial charge in [-0.15, -0.1) is 0 Å². The van der Waals surface area contributed by atoms with E-state index < -0.39 is 23.5 Å². The highest BCUT2D eigenvalue weighted by Gasteiger charge is 2.53. The van der Waals surface area contributed by atoms with Crippen LogP contribution in [0.3, 0.4) is 0 Å². The third-order valence-electron chi connectivity index (χ3n) is 15.9. The Morgan fingerprint density at radius 3 is 2.47 bits per heavy atom. The molecule has 7 aliphatic heterocycles. The van der Waals surface area contributed by atoms with Crippen LogP contribution in [0.4, 0.5) is 17.1 Å². The van der Waals surface area contributed by atoms with Crippen molar-refractivity contribution in [2.45, 2.75) is 126 Å². The number of hydrogen-bond donors (Lipinski definition) is 7. The van der Waals surface area contributed by atoms with Crippen molar-refractivity contribution >= 4 is 40.7 Å². The van der Waals surface area contributed by atoms with Crippen molar-refractivity contribution in [1.29, 1.82) is 0 Å². The quantitative estimate of drug-likeness (QED) is 0.158. The Hall–Kier alpha value is -4.65. The second-order valence-electron chi connectivity index (χ2n) is 19.9. The highest BCUT2D eigenvalue weighted by atomic mass is 16.3. The van der Waals surface area contributed by atoms with E-state index in [9.17, 15) is 24.3 Å². The number of pyridine rings is 1. The summed E-state index contributed by atoms with van der Waals surface area (Å²) in [5.41, 5.74) is 3.06. The third-order valence-corrected chi connectivity index (χ3v) is 15.9. The molecule has 8 atom stereocenters. The fraction of sp³-hybridized carbons (Fsp3) is 0.638. The van der Waals surface area contributed by atoms with Gasteiger partial charge in [0.05, 0.1) is 30.4 Å². The average molecular weight is 879 g/mol. The molecule has 1 spiro atoms. The molecular weight excluding hydrogens is 813 g/mol. The molecular formula is C47H66N12O5. The molecule has 344 valence electrons. The number of hydrazine groups is 1. The molecule has 10 rings (SSSR count). The maximum Gasteiger partial charge on any atom is 0.270 e. The summed E-state index contributed by atoms with van der Waals surface area (Å²) in [6, 6.07) is 12.4. The Morgan fingerprint density at radius 2 is 1.67 bits per heavy atom. The number of nitrogens with one attached hydrogen (secondary N) is 6. The molecule has 4 amide bonds. The van der Waals surface area contributed by atoms with Gasteiger partial charge in [-0.25, -0.2) is 0 Å². The summed E-state index contributed by atoms with van der Waals surface area (Å²) in [7, 11) is 0. The molecule has 7 unspecified atom stereocenters. The molecule has 1 aromatic heterocycles. The van der Waals surface area contributed by atoms with Gasteiger partial charge in [-0.3, -0.25) is 55.3 Å². The summed E-state index contributed by atoms with van der Waals surface area (Å²) >= 11 is 0. The monoisotopic (exact) mass is 879 g/mol. The Balaban J connectivity index is 0.690. The van der Waals surface area contributed by atoms with E-state index in [0.29, 0.717) is 37.4 Å². The number of nitrogens with zero attached hydrogens (tertiary/aromatic N) is 6. The van der Waals surface area contributed by atoms with Gasteiger partial charge in [0.25, 0.3) is 5.91 Å². The van der Waals surface area contributed by atoms with Gasteiger partial charge in [0.15, 0.2) is 0 Å². The zero-order valence-electron chi connectivity index (χ0n) is 37.1. The number of imide groups is 1. The molecule has 17 nitrogen and oxygen atoms in total. The summed E-state index contributed by atoms with van der Waals surface area (Å²) in [5.74, 6) is -1.24. The van der Waals surface area contributed by atoms with Gasteiger partial charge in [-0.1, -0.05) is 12.2 Å². The largest absolute Gasteiger partial charge is 0.389 e. The second kappa shape index (κ2) is 18.0. The van der Waals surface area contributed by atoms with Crippen LogP contribution in [0.1, 0.15) is 94.5 Å². The lowest BCUT2D eigenvalue weighted by molar-refractivity contribution is -0.146. The fourth-order valence-corrected chi connectivity index (χ4v) is 12.0. The van der Waals surface area contributed by atoms with Crippen molar-refractivity contribution in [3.05, 3.63) is 60.4 Å². The van der Waals surface area contributed by atoms with E-state index in [-0.39, 0.29) is 54.5 Å². The summed E-state index contributed by atoms with van der Waals surface area (Å²) in [4.78, 5) is 62.4. The van der Waals surface area contributed by atoms with Crippen LogP contribution in [0, 0.1) is 11.3 Å². The predicted octanol–water partition coefficient (Wildman–Crippen LogP) is 2.04. The molecule has 0 radical (unpaired) electrons. The number of benzene rings is 1. The minimum absolute atomic E-state index is 0.0208. The number of piperidine rings is 3. The first-order valence-electron chi connectivity index (χ1n) is 23.9. The molecule has 7 fully saturated rings. The van der Waals surface area contributed by atoms with E-state index >= 15 is 0 Å². The number of piperazine rings is 1. The van der Waals surface area contributed by atoms with Crippen LogP contribution in [0.5, 0.6) is 0 Å². The smallest absolute Gasteiger partial charge is 0.270 e. The number of anilines is 3. The van der Waals surface area contributed by atoms with E-state index in [1.165, 1.54) is 24.9 Å². The lowest BCUT2D eigenvalue weighted by atomic mass is 9.76. The maximum absolute atomic E-state index is 13.8. The van der Waals surface area contributed by atoms with Crippen LogP contribution < -0.4 is 41.7 Å². The number of fused-ring (bicyclic) bond motifs is 6. The van der Waals surface area contributed by atoms with Gasteiger partial charge in [-0.2, -0.15) is 5.01 Å². The van der Waals surface area contributed by atoms with Gasteiger partial charge in [0.2, 0.25) is 17.7 Å². The molecule has 64 heavy (non-hydrogen) atoms. The number of rotatable bonds is 7. The van der Waals surface area contributed by atoms with Crippen LogP contribution in [0.15, 0.2) is 54.7 Å². The van der Waals surface area contributed by atoms with E-state index in [2.05, 4.69) is 93.0 Å². The van der Waals surface area contributed by atoms with Gasteiger partial charge >= 0.3 is 0 Å². The van der Waals surface area contributed by atoms with Crippen molar-refractivity contribution in [3.63, 3.8) is 0 Å². The molecule has 1 saturated carbocycles. The lowest BCUT2D eigenvalue weighted by Crippen LogP contribution is -2.69. The summed E-state index contributed by atoms with van der Waals surface area (Å²) < 4.78 is 0. The zero-order chi connectivity index (χ0) is 44.0. The number of amides is 4. The van der Waals surface area contributed by atoms with E-state index in [1.54, 1.807) is 6.20 Å². The normalized spacial score (nSPS) is 34.1. The predicted molar refractivity (Wildman–Crippen MR) is 243 cm³/mol. The van der Waals surface area contributed by atoms with E-state index in [0.717, 1.165) is 89.2 Å². The molecule has 2 aromatic rings. The fourth-order valence-electron chi connectivity index (χ4n) is 12.0. The number of carbonyl (C=O) groups is 4. The van der Waals surface area contributed by atoms with Crippen molar-refractivity contribution in [1.82, 2.24) is 46.5 Å². The van der Waals surface area contributed by atoms with Crippen molar-refractivity contribution in [3.8, 4) is 0 Å². The number of aliphatic hydroxyl groups is 1. The zero-order valence-corrected chi connectivity index (χ0v) is 37.1. The van der Waals surface area contributed by atoms with Crippen molar-refractivity contribution in [2.24, 2.45) is 11.3 Å². The third kappa shape index (κ3) is 8.86. The second-order valence-corrected chi connectivity index (χ2v) is 19.9. The molecule has 8 aliphatic rings. The van der Waals surface area contributed by atoms with Gasteiger partial charge in [-0.05, 0) is 119 Å². The van der Waals surface area contributed by atoms with E-state index in [4.69, 9.17) is 0 Å². The molecule has 1 aromatic carbocycles. The molecule has 1 aliphatic carbocycles. The highest BCUT2D eigenvalue weighted by molar-refractivity contribution is 6.03. The first-order chi connectivity index (χ1) is 31.0. The van der Waals surface area contributed by atoms with Crippen LogP contribution in [-0.2, 0) is 14.4 Å². The molecule has 7 N–H and O–H groups in total. The Labute approximate surface area is 376 Å². The van der Waals surface area contributed by atoms with Crippen LogP contribution in [0.25, 0.3) is 0 Å². The first-order valence-corrected chi connectivity index (χ1v) is 23.9. The molecule has 6 saturated heterocycles. The summed E-state index contributed by atoms with van der Waals surface area (Å²) in [6.07, 6.45) is 16.3. The molecule has 17 heteroatoms. The Morgan fingerprint density at radius 1 is 0.875 bits per heavy atom. The average Bonchev–Trinajstić information content (AvgIpc) is 3.84. The lowest BCUT2D eigenvalue weighted by Gasteiger charge is -2.47. The van der Waals surface area contributed by atoms with Gasteiger partial charge in [0.1, 0.15) is 18.0 Å². The van der Waals surface area contributed by atoms with Crippen LogP contribution >= 0.6 is 0 Å². The first kappa shape index (κ1) is 43.3. The minimum Gasteiger partial charge on any atom is -0.389 e. The maximum atomic E-state index is 13.8. The number of aromatic nitrogens is 1. The number of hydrogen-bond acceptors (Lipinski definition) is 14. The minimum atomic E-state index is -0.809. The van der Waals surface area contributed by atoms with Gasteiger partial charge in [0, 0.05) is 87.6 Å². The van der Waals surface area contributed by atoms with Crippen LogP contribution in [0.2, 0.25) is 0 Å². The summed E-state index contributed by atoms with van der Waals surface area (Å²) in [5, 5.41) is 35.3. The standard InChI is InChI=1S/C47H66N12O5/c1-46(64)16-3-2-4-21-58-44(63)35-30-49-45(54-41(35)59(58)39-7-5-6-38(46)52-39)50-31-8-10-32(11-9-31)56-24-26-57(27-25-56)34-14-17-47(29-34)18-22-55(23-19-47)33-15-20-48-37(28-33)43(62)51-36-12-13-40(60)53-42(36)61/h2,4,8-11,15,20,28,34-36,38-39,41,45,49-50,52,54,64H,3,5-7,12-14,16-19,21-27,29-30H2,1H3,(H,51,62)(H,53,60,61)/b4-2-/t34?,35?,36?,38?,39?,41?,45?,46-/m1/s1. The van der Waals surface area contributed by atoms with Gasteiger partial charge < -0.3 is 25.5 Å². The molecule has 2 bridgehead atoms. The number of carbonyl (C=O) groups excluding carboxylic acids is 4. The van der Waals surface area contributed by atoms with E-state index in [1.807, 2.05) is 24.1 Å². The topological polar surface area (TPSA) is 190 Å². The highest BCUT2D eigenvalue weighted by Crippen LogP contribution is 2.48. The van der Waals surface area contributed by atoms with Crippen LogP contribution in [-0.4, -0.2) is 143 Å². The number of allylic oxidation sites excluding steroid dienone is 1.